The van der Waals surface area contributed by atoms with E-state index in [9.17, 15) is 4.79 Å². The Balaban J connectivity index is 1.26. The highest BCUT2D eigenvalue weighted by atomic mass is 16.7. The minimum atomic E-state index is -0.722. The van der Waals surface area contributed by atoms with Gasteiger partial charge in [-0.2, -0.15) is 0 Å². The molecule has 0 aromatic rings. The summed E-state index contributed by atoms with van der Waals surface area (Å²) in [4.78, 5) is 13.3. The lowest BCUT2D eigenvalue weighted by atomic mass is 9.52. The van der Waals surface area contributed by atoms with Gasteiger partial charge < -0.3 is 23.7 Å². The molecule has 3 saturated carbocycles. The van der Waals surface area contributed by atoms with E-state index in [1.165, 1.54) is 5.57 Å². The van der Waals surface area contributed by atoms with Crippen LogP contribution in [0.2, 0.25) is 0 Å². The van der Waals surface area contributed by atoms with Crippen LogP contribution in [0.1, 0.15) is 44.9 Å². The second-order valence-electron chi connectivity index (χ2n) is 9.90. The number of allylic oxidation sites excluding steroid dienone is 1. The maximum Gasteiger partial charge on any atom is 0.318 e. The number of hydrogen-bond acceptors (Lipinski definition) is 6. The fourth-order valence-electron chi connectivity index (χ4n) is 8.26. The van der Waals surface area contributed by atoms with Crippen molar-refractivity contribution in [1.82, 2.24) is 0 Å². The van der Waals surface area contributed by atoms with Crippen molar-refractivity contribution in [3.05, 3.63) is 11.6 Å². The van der Waals surface area contributed by atoms with Crippen LogP contribution in [0.5, 0.6) is 0 Å². The van der Waals surface area contributed by atoms with Gasteiger partial charge in [0.15, 0.2) is 11.6 Å². The van der Waals surface area contributed by atoms with Crippen LogP contribution in [0, 0.1) is 29.1 Å². The summed E-state index contributed by atoms with van der Waals surface area (Å²) in [6, 6.07) is 0. The van der Waals surface area contributed by atoms with E-state index in [2.05, 4.69) is 6.08 Å². The highest BCUT2D eigenvalue weighted by molar-refractivity contribution is 5.82. The molecular weight excluding hydrogens is 360 g/mol. The smallest absolute Gasteiger partial charge is 0.318 e. The zero-order valence-corrected chi connectivity index (χ0v) is 16.2. The molecule has 4 aliphatic carbocycles. The number of esters is 1. The molecule has 0 radical (unpaired) electrons. The molecule has 3 aliphatic heterocycles. The van der Waals surface area contributed by atoms with Gasteiger partial charge in [0.25, 0.3) is 0 Å². The number of ether oxygens (including phenoxy) is 5. The molecule has 3 heterocycles. The van der Waals surface area contributed by atoms with Crippen molar-refractivity contribution in [3.8, 4) is 0 Å². The molecule has 3 spiro atoms. The fraction of sp³-hybridized carbons (Fsp3) is 0.864. The maximum absolute atomic E-state index is 13.3. The summed E-state index contributed by atoms with van der Waals surface area (Å²) in [6.07, 6.45) is 9.00. The summed E-state index contributed by atoms with van der Waals surface area (Å²) >= 11 is 0. The fourth-order valence-corrected chi connectivity index (χ4v) is 8.26. The summed E-state index contributed by atoms with van der Waals surface area (Å²) in [5.41, 5.74) is 0.903. The van der Waals surface area contributed by atoms with Crippen molar-refractivity contribution in [2.24, 2.45) is 29.1 Å². The monoisotopic (exact) mass is 388 g/mol. The van der Waals surface area contributed by atoms with Crippen LogP contribution in [0.3, 0.4) is 0 Å². The van der Waals surface area contributed by atoms with Crippen molar-refractivity contribution in [2.75, 3.05) is 26.4 Å². The Hall–Kier alpha value is -0.950. The Morgan fingerprint density at radius 2 is 1.75 bits per heavy atom. The van der Waals surface area contributed by atoms with E-state index in [-0.39, 0.29) is 17.9 Å². The zero-order chi connectivity index (χ0) is 18.6. The van der Waals surface area contributed by atoms with Gasteiger partial charge in [0, 0.05) is 31.6 Å². The Bertz CT molecular complexity index is 748. The van der Waals surface area contributed by atoms with Gasteiger partial charge in [0.1, 0.15) is 11.5 Å². The van der Waals surface area contributed by atoms with Crippen molar-refractivity contribution in [3.63, 3.8) is 0 Å². The quantitative estimate of drug-likeness (QED) is 0.469. The first-order valence-electron chi connectivity index (χ1n) is 11.1. The number of carbonyl (C=O) groups excluding carboxylic acids is 1. The average molecular weight is 388 g/mol. The van der Waals surface area contributed by atoms with Crippen molar-refractivity contribution in [1.29, 1.82) is 0 Å². The SMILES string of the molecule is O=C1O[C@H]2C[C@]13C(CCC31OCCO1)C1CC=C3CC4(CCC3C12)OCCO4. The number of hydrogen-bond donors (Lipinski definition) is 0. The van der Waals surface area contributed by atoms with Crippen LogP contribution >= 0.6 is 0 Å². The third-order valence-electron chi connectivity index (χ3n) is 9.15. The largest absolute Gasteiger partial charge is 0.461 e. The molecule has 0 aromatic heterocycles. The van der Waals surface area contributed by atoms with Gasteiger partial charge in [-0.1, -0.05) is 11.6 Å². The van der Waals surface area contributed by atoms with Crippen LogP contribution in [-0.4, -0.2) is 50.1 Å². The standard InChI is InChI=1S/C22H28O6/c23-19-21-12-17(28-19)18-14-3-5-20(24-7-8-25-20)11-13(14)1-2-15(18)16(21)4-6-22(21)26-9-10-27-22/h1,14-18H,2-12H2/t14?,15?,16?,17-,18?,21-/m0/s1. The highest BCUT2D eigenvalue weighted by Crippen LogP contribution is 2.70. The number of rotatable bonds is 0. The summed E-state index contributed by atoms with van der Waals surface area (Å²) in [5.74, 6) is 0.573. The van der Waals surface area contributed by atoms with Crippen LogP contribution in [0.25, 0.3) is 0 Å². The van der Waals surface area contributed by atoms with Crippen LogP contribution in [0.4, 0.5) is 0 Å². The molecule has 0 N–H and O–H groups in total. The van der Waals surface area contributed by atoms with E-state index in [1.807, 2.05) is 0 Å². The summed E-state index contributed by atoms with van der Waals surface area (Å²) in [6.45, 7) is 2.60. The predicted molar refractivity (Wildman–Crippen MR) is 95.9 cm³/mol. The Morgan fingerprint density at radius 1 is 0.964 bits per heavy atom. The predicted octanol–water partition coefficient (Wildman–Crippen LogP) is 2.56. The first-order chi connectivity index (χ1) is 13.7. The van der Waals surface area contributed by atoms with Crippen molar-refractivity contribution < 1.29 is 28.5 Å². The maximum atomic E-state index is 13.3. The van der Waals surface area contributed by atoms with Gasteiger partial charge in [-0.25, -0.2) is 0 Å². The zero-order valence-electron chi connectivity index (χ0n) is 16.2. The van der Waals surface area contributed by atoms with Gasteiger partial charge in [-0.15, -0.1) is 0 Å². The Kier molecular flexibility index (Phi) is 3.24. The lowest BCUT2D eigenvalue weighted by Gasteiger charge is -2.52. The molecule has 6 nitrogen and oxygen atoms in total. The highest BCUT2D eigenvalue weighted by Gasteiger charge is 2.77. The molecule has 6 fully saturated rings. The molecule has 4 unspecified atom stereocenters. The van der Waals surface area contributed by atoms with Crippen LogP contribution in [-0.2, 0) is 28.5 Å². The molecule has 7 rings (SSSR count). The molecule has 6 heteroatoms. The number of carbonyl (C=O) groups is 1. The normalized spacial score (nSPS) is 49.6. The summed E-state index contributed by atoms with van der Waals surface area (Å²) in [5, 5.41) is 0. The van der Waals surface area contributed by atoms with Crippen LogP contribution < -0.4 is 0 Å². The van der Waals surface area contributed by atoms with E-state index < -0.39 is 11.2 Å². The lowest BCUT2D eigenvalue weighted by Crippen LogP contribution is -2.57. The molecular formula is C22H28O6. The third-order valence-corrected chi connectivity index (χ3v) is 9.15. The summed E-state index contributed by atoms with van der Waals surface area (Å²) < 4.78 is 30.4. The van der Waals surface area contributed by atoms with E-state index in [4.69, 9.17) is 23.7 Å². The number of fused-ring (bicyclic) bond motifs is 6. The van der Waals surface area contributed by atoms with Gasteiger partial charge in [-0.3, -0.25) is 4.79 Å². The minimum Gasteiger partial charge on any atom is -0.461 e. The molecule has 3 saturated heterocycles. The van der Waals surface area contributed by atoms with E-state index in [0.29, 0.717) is 50.1 Å². The molecule has 0 aromatic carbocycles. The van der Waals surface area contributed by atoms with Crippen molar-refractivity contribution >= 4 is 5.97 Å². The van der Waals surface area contributed by atoms with E-state index in [0.717, 1.165) is 44.9 Å². The van der Waals surface area contributed by atoms with Gasteiger partial charge in [0.05, 0.1) is 26.4 Å². The lowest BCUT2D eigenvalue weighted by molar-refractivity contribution is -0.233. The molecule has 6 atom stereocenters. The Labute approximate surface area is 164 Å². The summed E-state index contributed by atoms with van der Waals surface area (Å²) in [7, 11) is 0. The second-order valence-corrected chi connectivity index (χ2v) is 9.90. The average Bonchev–Trinajstić information content (AvgIpc) is 3.47. The molecule has 0 amide bonds. The molecule has 2 bridgehead atoms. The molecule has 152 valence electrons. The van der Waals surface area contributed by atoms with E-state index in [1.54, 1.807) is 0 Å². The molecule has 7 aliphatic rings. The first-order valence-corrected chi connectivity index (χ1v) is 11.1. The third kappa shape index (κ3) is 1.83. The Morgan fingerprint density at radius 3 is 2.57 bits per heavy atom. The van der Waals surface area contributed by atoms with Gasteiger partial charge in [-0.05, 0) is 37.0 Å². The van der Waals surface area contributed by atoms with Crippen LogP contribution in [0.15, 0.2) is 11.6 Å². The second kappa shape index (κ2) is 5.39. The van der Waals surface area contributed by atoms with Gasteiger partial charge in [0.2, 0.25) is 0 Å². The first kappa shape index (κ1) is 16.8. The minimum absolute atomic E-state index is 0.00434. The van der Waals surface area contributed by atoms with E-state index >= 15 is 0 Å². The van der Waals surface area contributed by atoms with Crippen molar-refractivity contribution in [2.45, 2.75) is 62.6 Å². The molecule has 28 heavy (non-hydrogen) atoms. The topological polar surface area (TPSA) is 63.2 Å². The van der Waals surface area contributed by atoms with Gasteiger partial charge >= 0.3 is 5.97 Å².